The van der Waals surface area contributed by atoms with Gasteiger partial charge in [-0.05, 0) is 42.3 Å². The Balaban J connectivity index is 1.69. The van der Waals surface area contributed by atoms with E-state index in [9.17, 15) is 4.79 Å². The Morgan fingerprint density at radius 3 is 2.34 bits per heavy atom. The number of fused-ring (bicyclic) bond motifs is 2. The number of nitrogens with one attached hydrogen (secondary N) is 1. The van der Waals surface area contributed by atoms with E-state index >= 15 is 0 Å². The van der Waals surface area contributed by atoms with Crippen LogP contribution in [0.15, 0.2) is 84.0 Å². The van der Waals surface area contributed by atoms with E-state index in [4.69, 9.17) is 15.7 Å². The maximum Gasteiger partial charge on any atom is 0.261 e. The zero-order chi connectivity index (χ0) is 22.1. The summed E-state index contributed by atoms with van der Waals surface area (Å²) in [6, 6.07) is 24.6. The summed E-state index contributed by atoms with van der Waals surface area (Å²) < 4.78 is 1.47. The van der Waals surface area contributed by atoms with Crippen LogP contribution in [0.25, 0.3) is 22.2 Å². The number of aryl methyl sites for hydroxylation is 1. The standard InChI is InChI=1S/C25H20N6O/c1-16-9-5-6-10-17(16)15-27-31-23(26)21(25(32)28-18-11-3-2-4-12-18)22-24(31)30-20-14-8-7-13-19(20)29-22/h2-15H,26H2,1H3,(H,28,32)/b27-15+. The number of carbonyl (C=O) groups is 1. The molecule has 0 unspecified atom stereocenters. The number of benzene rings is 3. The maximum absolute atomic E-state index is 13.2. The first-order valence-electron chi connectivity index (χ1n) is 10.1. The Hall–Kier alpha value is -4.52. The number of hydrogen-bond acceptors (Lipinski definition) is 5. The molecule has 5 aromatic rings. The molecule has 1 amide bonds. The number of nitrogens with two attached hydrogens (primary N) is 1. The highest BCUT2D eigenvalue weighted by Gasteiger charge is 2.24. The summed E-state index contributed by atoms with van der Waals surface area (Å²) in [6.07, 6.45) is 1.71. The molecule has 0 fully saturated rings. The number of anilines is 2. The van der Waals surface area contributed by atoms with E-state index in [0.717, 1.165) is 11.1 Å². The third-order valence-corrected chi connectivity index (χ3v) is 5.23. The van der Waals surface area contributed by atoms with Crippen molar-refractivity contribution in [2.75, 3.05) is 11.1 Å². The highest BCUT2D eigenvalue weighted by Crippen LogP contribution is 2.28. The Morgan fingerprint density at radius 2 is 1.59 bits per heavy atom. The van der Waals surface area contributed by atoms with Gasteiger partial charge in [-0.15, -0.1) is 0 Å². The van der Waals surface area contributed by atoms with E-state index in [1.807, 2.05) is 85.8 Å². The van der Waals surface area contributed by atoms with E-state index in [1.165, 1.54) is 4.68 Å². The third-order valence-electron chi connectivity index (χ3n) is 5.23. The van der Waals surface area contributed by atoms with Crippen LogP contribution in [0, 0.1) is 6.92 Å². The number of nitrogens with zero attached hydrogens (tertiary/aromatic N) is 4. The fourth-order valence-electron chi connectivity index (χ4n) is 3.55. The molecular formula is C25H20N6O. The molecule has 0 aliphatic rings. The Kier molecular flexibility index (Phi) is 4.84. The fourth-order valence-corrected chi connectivity index (χ4v) is 3.55. The third kappa shape index (κ3) is 3.45. The van der Waals surface area contributed by atoms with E-state index in [-0.39, 0.29) is 17.3 Å². The topological polar surface area (TPSA) is 98.2 Å². The molecule has 0 saturated heterocycles. The first-order chi connectivity index (χ1) is 15.6. The summed E-state index contributed by atoms with van der Waals surface area (Å²) in [5, 5.41) is 7.45. The molecule has 2 heterocycles. The number of aromatic nitrogens is 3. The smallest absolute Gasteiger partial charge is 0.261 e. The number of hydrogen-bond donors (Lipinski definition) is 2. The van der Waals surface area contributed by atoms with Crippen molar-refractivity contribution >= 4 is 45.8 Å². The van der Waals surface area contributed by atoms with Crippen molar-refractivity contribution in [1.82, 2.24) is 14.6 Å². The van der Waals surface area contributed by atoms with Crippen LogP contribution >= 0.6 is 0 Å². The van der Waals surface area contributed by atoms with Crippen LogP contribution in [0.3, 0.4) is 0 Å². The van der Waals surface area contributed by atoms with Gasteiger partial charge < -0.3 is 11.1 Å². The van der Waals surface area contributed by atoms with Gasteiger partial charge in [-0.25, -0.2) is 9.97 Å². The van der Waals surface area contributed by atoms with Crippen molar-refractivity contribution < 1.29 is 4.79 Å². The Morgan fingerprint density at radius 1 is 0.938 bits per heavy atom. The van der Waals surface area contributed by atoms with Crippen LogP contribution < -0.4 is 11.1 Å². The maximum atomic E-state index is 13.2. The van der Waals surface area contributed by atoms with Crippen molar-refractivity contribution in [2.45, 2.75) is 6.92 Å². The minimum absolute atomic E-state index is 0.175. The van der Waals surface area contributed by atoms with Gasteiger partial charge >= 0.3 is 0 Å². The minimum atomic E-state index is -0.367. The summed E-state index contributed by atoms with van der Waals surface area (Å²) >= 11 is 0. The first kappa shape index (κ1) is 19.4. The summed E-state index contributed by atoms with van der Waals surface area (Å²) in [6.45, 7) is 2.00. The summed E-state index contributed by atoms with van der Waals surface area (Å²) in [5.74, 6) is -0.193. The number of para-hydroxylation sites is 3. The summed E-state index contributed by atoms with van der Waals surface area (Å²) in [7, 11) is 0. The van der Waals surface area contributed by atoms with Gasteiger partial charge in [0, 0.05) is 5.69 Å². The van der Waals surface area contributed by atoms with Crippen LogP contribution in [0.2, 0.25) is 0 Å². The molecule has 5 rings (SSSR count). The molecule has 0 atom stereocenters. The second-order valence-corrected chi connectivity index (χ2v) is 7.38. The van der Waals surface area contributed by atoms with Gasteiger partial charge in [0.2, 0.25) is 0 Å². The molecule has 0 aliphatic heterocycles. The lowest BCUT2D eigenvalue weighted by atomic mass is 10.1. The lowest BCUT2D eigenvalue weighted by molar-refractivity contribution is 0.102. The van der Waals surface area contributed by atoms with Gasteiger partial charge in [-0.3, -0.25) is 4.79 Å². The van der Waals surface area contributed by atoms with Crippen molar-refractivity contribution in [1.29, 1.82) is 0 Å². The van der Waals surface area contributed by atoms with Crippen LogP contribution in [0.4, 0.5) is 11.5 Å². The van der Waals surface area contributed by atoms with Gasteiger partial charge in [0.05, 0.1) is 17.2 Å². The van der Waals surface area contributed by atoms with Gasteiger partial charge in [0.15, 0.2) is 5.65 Å². The lowest BCUT2D eigenvalue weighted by Gasteiger charge is -2.05. The van der Waals surface area contributed by atoms with Crippen molar-refractivity contribution in [3.8, 4) is 0 Å². The van der Waals surface area contributed by atoms with Crippen LogP contribution in [-0.4, -0.2) is 26.8 Å². The minimum Gasteiger partial charge on any atom is -0.383 e. The molecule has 0 saturated carbocycles. The van der Waals surface area contributed by atoms with Crippen LogP contribution in [0.1, 0.15) is 21.5 Å². The van der Waals surface area contributed by atoms with E-state index in [2.05, 4.69) is 10.4 Å². The van der Waals surface area contributed by atoms with Crippen LogP contribution in [0.5, 0.6) is 0 Å². The Bertz CT molecular complexity index is 1490. The van der Waals surface area contributed by atoms with Gasteiger partial charge in [0.25, 0.3) is 5.91 Å². The summed E-state index contributed by atoms with van der Waals surface area (Å²) in [5.41, 5.74) is 11.6. The fraction of sp³-hybridized carbons (Fsp3) is 0.0400. The highest BCUT2D eigenvalue weighted by atomic mass is 16.1. The molecule has 0 radical (unpaired) electrons. The van der Waals surface area contributed by atoms with Crippen LogP contribution in [-0.2, 0) is 0 Å². The molecule has 32 heavy (non-hydrogen) atoms. The second-order valence-electron chi connectivity index (χ2n) is 7.38. The average Bonchev–Trinajstić information content (AvgIpc) is 3.08. The van der Waals surface area contributed by atoms with Crippen molar-refractivity contribution in [2.24, 2.45) is 5.10 Å². The van der Waals surface area contributed by atoms with E-state index < -0.39 is 0 Å². The van der Waals surface area contributed by atoms with E-state index in [1.54, 1.807) is 6.21 Å². The molecule has 0 bridgehead atoms. The largest absolute Gasteiger partial charge is 0.383 e. The number of nitrogen functional groups attached to an aromatic ring is 1. The SMILES string of the molecule is Cc1ccccc1/C=N/n1c(N)c(C(=O)Nc2ccccc2)c2nc3ccccc3nc21. The lowest BCUT2D eigenvalue weighted by Crippen LogP contribution is -2.14. The number of amides is 1. The molecule has 3 aromatic carbocycles. The van der Waals surface area contributed by atoms with E-state index in [0.29, 0.717) is 27.9 Å². The zero-order valence-corrected chi connectivity index (χ0v) is 17.4. The zero-order valence-electron chi connectivity index (χ0n) is 17.4. The Labute approximate surface area is 184 Å². The molecule has 2 aromatic heterocycles. The number of carbonyl (C=O) groups excluding carboxylic acids is 1. The molecule has 7 heteroatoms. The highest BCUT2D eigenvalue weighted by molar-refractivity contribution is 6.16. The predicted molar refractivity (Wildman–Crippen MR) is 128 cm³/mol. The molecular weight excluding hydrogens is 400 g/mol. The molecule has 0 aliphatic carbocycles. The summed E-state index contributed by atoms with van der Waals surface area (Å²) in [4.78, 5) is 22.6. The van der Waals surface area contributed by atoms with Crippen molar-refractivity contribution in [3.05, 3.63) is 95.6 Å². The quantitative estimate of drug-likeness (QED) is 0.415. The molecule has 7 nitrogen and oxygen atoms in total. The van der Waals surface area contributed by atoms with Gasteiger partial charge in [0.1, 0.15) is 16.9 Å². The van der Waals surface area contributed by atoms with Gasteiger partial charge in [-0.1, -0.05) is 54.6 Å². The molecule has 3 N–H and O–H groups in total. The molecule has 156 valence electrons. The van der Waals surface area contributed by atoms with Crippen molar-refractivity contribution in [3.63, 3.8) is 0 Å². The van der Waals surface area contributed by atoms with Gasteiger partial charge in [-0.2, -0.15) is 9.78 Å². The molecule has 0 spiro atoms. The second kappa shape index (κ2) is 7.96. The predicted octanol–water partition coefficient (Wildman–Crippen LogP) is 4.61. The number of rotatable bonds is 4. The average molecular weight is 420 g/mol. The monoisotopic (exact) mass is 420 g/mol. The normalized spacial score (nSPS) is 11.4. The first-order valence-corrected chi connectivity index (χ1v) is 10.1.